The van der Waals surface area contributed by atoms with Crippen LogP contribution >= 0.6 is 0 Å². The Morgan fingerprint density at radius 1 is 1.29 bits per heavy atom. The van der Waals surface area contributed by atoms with E-state index in [-0.39, 0.29) is 18.7 Å². The Balaban J connectivity index is 1.79. The van der Waals surface area contributed by atoms with Gasteiger partial charge in [0.1, 0.15) is 0 Å². The van der Waals surface area contributed by atoms with Gasteiger partial charge >= 0.3 is 0 Å². The van der Waals surface area contributed by atoms with Crippen molar-refractivity contribution in [1.82, 2.24) is 9.80 Å². The van der Waals surface area contributed by atoms with Gasteiger partial charge in [0.05, 0.1) is 13.2 Å². The van der Waals surface area contributed by atoms with Crippen molar-refractivity contribution < 1.29 is 19.0 Å². The molecule has 2 heterocycles. The lowest BCUT2D eigenvalue weighted by Crippen LogP contribution is -2.55. The van der Waals surface area contributed by atoms with Crippen LogP contribution in [0.2, 0.25) is 0 Å². The van der Waals surface area contributed by atoms with Crippen molar-refractivity contribution in [2.45, 2.75) is 38.8 Å². The van der Waals surface area contributed by atoms with Crippen LogP contribution in [0.15, 0.2) is 12.1 Å². The summed E-state index contributed by atoms with van der Waals surface area (Å²) in [6.45, 7) is 4.74. The van der Waals surface area contributed by atoms with E-state index in [0.29, 0.717) is 18.0 Å². The molecule has 0 radical (unpaired) electrons. The molecule has 2 aliphatic heterocycles. The number of benzene rings is 1. The first-order valence-corrected chi connectivity index (χ1v) is 8.59. The highest BCUT2D eigenvalue weighted by Crippen LogP contribution is 2.42. The van der Waals surface area contributed by atoms with Crippen molar-refractivity contribution in [2.24, 2.45) is 0 Å². The number of carbonyl (C=O) groups is 1. The van der Waals surface area contributed by atoms with Gasteiger partial charge in [-0.2, -0.15) is 0 Å². The van der Waals surface area contributed by atoms with Crippen LogP contribution in [0.3, 0.4) is 0 Å². The zero-order chi connectivity index (χ0) is 17.1. The largest absolute Gasteiger partial charge is 0.493 e. The SMILES string of the molecule is CCCC[C@H]1C(=O)N(C)CCN1Cc1cc(OC)c2c(c1)OCO2. The Bertz CT molecular complexity index is 605. The van der Waals surface area contributed by atoms with Crippen LogP contribution in [-0.4, -0.2) is 55.8 Å². The predicted octanol–water partition coefficient (Wildman–Crippen LogP) is 2.26. The third kappa shape index (κ3) is 3.29. The van der Waals surface area contributed by atoms with E-state index in [1.54, 1.807) is 7.11 Å². The van der Waals surface area contributed by atoms with Gasteiger partial charge in [0.2, 0.25) is 18.4 Å². The van der Waals surface area contributed by atoms with Crippen LogP contribution in [0.1, 0.15) is 31.7 Å². The standard InChI is InChI=1S/C18H26N2O4/c1-4-5-6-14-18(21)19(2)7-8-20(14)11-13-9-15(22-3)17-16(10-13)23-12-24-17/h9-10,14H,4-8,11-12H2,1-3H3/t14-/m0/s1. The summed E-state index contributed by atoms with van der Waals surface area (Å²) in [5.41, 5.74) is 1.08. The molecule has 24 heavy (non-hydrogen) atoms. The first kappa shape index (κ1) is 16.9. The Morgan fingerprint density at radius 3 is 2.88 bits per heavy atom. The number of hydrogen-bond donors (Lipinski definition) is 0. The summed E-state index contributed by atoms with van der Waals surface area (Å²) < 4.78 is 16.4. The molecular weight excluding hydrogens is 308 g/mol. The van der Waals surface area contributed by atoms with Crippen molar-refractivity contribution in [3.63, 3.8) is 0 Å². The van der Waals surface area contributed by atoms with Gasteiger partial charge in [-0.1, -0.05) is 19.8 Å². The number of piperazine rings is 1. The number of carbonyl (C=O) groups excluding carboxylic acids is 1. The molecule has 1 fully saturated rings. The summed E-state index contributed by atoms with van der Waals surface area (Å²) in [5, 5.41) is 0. The zero-order valence-corrected chi connectivity index (χ0v) is 14.7. The highest BCUT2D eigenvalue weighted by atomic mass is 16.7. The van der Waals surface area contributed by atoms with Crippen LogP contribution < -0.4 is 14.2 Å². The lowest BCUT2D eigenvalue weighted by Gasteiger charge is -2.39. The second kappa shape index (κ2) is 7.30. The third-order valence-electron chi connectivity index (χ3n) is 4.76. The normalized spacial score (nSPS) is 20.5. The smallest absolute Gasteiger partial charge is 0.239 e. The van der Waals surface area contributed by atoms with Gasteiger partial charge in [-0.15, -0.1) is 0 Å². The van der Waals surface area contributed by atoms with E-state index < -0.39 is 0 Å². The van der Waals surface area contributed by atoms with E-state index in [9.17, 15) is 4.79 Å². The maximum absolute atomic E-state index is 12.6. The average molecular weight is 334 g/mol. The molecule has 132 valence electrons. The van der Waals surface area contributed by atoms with Crippen LogP contribution in [0.5, 0.6) is 17.2 Å². The minimum atomic E-state index is -0.0416. The Labute approximate surface area is 143 Å². The molecular formula is C18H26N2O4. The molecule has 0 N–H and O–H groups in total. The monoisotopic (exact) mass is 334 g/mol. The second-order valence-corrected chi connectivity index (χ2v) is 6.42. The third-order valence-corrected chi connectivity index (χ3v) is 4.76. The van der Waals surface area contributed by atoms with Crippen LogP contribution in [0, 0.1) is 0 Å². The maximum Gasteiger partial charge on any atom is 0.239 e. The lowest BCUT2D eigenvalue weighted by molar-refractivity contribution is -0.140. The fraction of sp³-hybridized carbons (Fsp3) is 0.611. The Morgan fingerprint density at radius 2 is 2.12 bits per heavy atom. The van der Waals surface area contributed by atoms with E-state index in [2.05, 4.69) is 11.8 Å². The highest BCUT2D eigenvalue weighted by Gasteiger charge is 2.32. The molecule has 1 aromatic rings. The number of fused-ring (bicyclic) bond motifs is 1. The summed E-state index contributed by atoms with van der Waals surface area (Å²) in [5.74, 6) is 2.29. The second-order valence-electron chi connectivity index (χ2n) is 6.42. The van der Waals surface area contributed by atoms with Gasteiger partial charge in [-0.3, -0.25) is 9.69 Å². The number of likely N-dealkylation sites (N-methyl/N-ethyl adjacent to an activating group) is 1. The van der Waals surface area contributed by atoms with E-state index in [0.717, 1.165) is 43.7 Å². The molecule has 1 aromatic carbocycles. The molecule has 0 unspecified atom stereocenters. The summed E-state index contributed by atoms with van der Waals surface area (Å²) in [7, 11) is 3.52. The maximum atomic E-state index is 12.6. The van der Waals surface area contributed by atoms with Gasteiger partial charge in [0.25, 0.3) is 0 Å². The molecule has 0 aromatic heterocycles. The zero-order valence-electron chi connectivity index (χ0n) is 14.7. The molecule has 2 aliphatic rings. The van der Waals surface area contributed by atoms with Gasteiger partial charge in [-0.25, -0.2) is 0 Å². The molecule has 1 amide bonds. The lowest BCUT2D eigenvalue weighted by atomic mass is 10.0. The summed E-state index contributed by atoms with van der Waals surface area (Å²) in [4.78, 5) is 16.7. The fourth-order valence-electron chi connectivity index (χ4n) is 3.36. The molecule has 3 rings (SSSR count). The number of hydrogen-bond acceptors (Lipinski definition) is 5. The van der Waals surface area contributed by atoms with Crippen molar-refractivity contribution >= 4 is 5.91 Å². The van der Waals surface area contributed by atoms with Crippen LogP contribution in [0.25, 0.3) is 0 Å². The number of unbranched alkanes of at least 4 members (excludes halogenated alkanes) is 1. The topological polar surface area (TPSA) is 51.2 Å². The molecule has 0 saturated carbocycles. The number of ether oxygens (including phenoxy) is 3. The van der Waals surface area contributed by atoms with Crippen LogP contribution in [-0.2, 0) is 11.3 Å². The van der Waals surface area contributed by atoms with Crippen molar-refractivity contribution in [3.8, 4) is 17.2 Å². The average Bonchev–Trinajstić information content (AvgIpc) is 3.05. The van der Waals surface area contributed by atoms with Gasteiger partial charge in [0, 0.05) is 26.7 Å². The fourth-order valence-corrected chi connectivity index (χ4v) is 3.36. The Kier molecular flexibility index (Phi) is 5.14. The van der Waals surface area contributed by atoms with Crippen molar-refractivity contribution in [2.75, 3.05) is 34.0 Å². The highest BCUT2D eigenvalue weighted by molar-refractivity contribution is 5.82. The molecule has 0 spiro atoms. The first-order valence-electron chi connectivity index (χ1n) is 8.59. The molecule has 1 saturated heterocycles. The van der Waals surface area contributed by atoms with E-state index in [1.165, 1.54) is 0 Å². The minimum Gasteiger partial charge on any atom is -0.493 e. The number of rotatable bonds is 6. The van der Waals surface area contributed by atoms with Gasteiger partial charge < -0.3 is 19.1 Å². The van der Waals surface area contributed by atoms with Crippen molar-refractivity contribution in [1.29, 1.82) is 0 Å². The molecule has 0 aliphatic carbocycles. The van der Waals surface area contributed by atoms with Gasteiger partial charge in [0.15, 0.2) is 11.5 Å². The van der Waals surface area contributed by atoms with E-state index in [4.69, 9.17) is 14.2 Å². The van der Waals surface area contributed by atoms with E-state index >= 15 is 0 Å². The molecule has 1 atom stereocenters. The molecule has 0 bridgehead atoms. The first-order chi connectivity index (χ1) is 11.6. The summed E-state index contributed by atoms with van der Waals surface area (Å²) in [6, 6.07) is 3.93. The number of amides is 1. The van der Waals surface area contributed by atoms with E-state index in [1.807, 2.05) is 24.1 Å². The summed E-state index contributed by atoms with van der Waals surface area (Å²) >= 11 is 0. The number of methoxy groups -OCH3 is 1. The molecule has 6 heteroatoms. The Hall–Kier alpha value is -1.95. The van der Waals surface area contributed by atoms with Crippen LogP contribution in [0.4, 0.5) is 0 Å². The number of nitrogens with zero attached hydrogens (tertiary/aromatic N) is 2. The van der Waals surface area contributed by atoms with Crippen molar-refractivity contribution in [3.05, 3.63) is 17.7 Å². The quantitative estimate of drug-likeness (QED) is 0.799. The molecule has 6 nitrogen and oxygen atoms in total. The predicted molar refractivity (Wildman–Crippen MR) is 90.5 cm³/mol. The minimum absolute atomic E-state index is 0.0416. The summed E-state index contributed by atoms with van der Waals surface area (Å²) in [6.07, 6.45) is 3.06. The van der Waals surface area contributed by atoms with Gasteiger partial charge in [-0.05, 0) is 24.1 Å².